The van der Waals surface area contributed by atoms with E-state index in [0.29, 0.717) is 5.92 Å². The number of piperazine rings is 1. The fourth-order valence-corrected chi connectivity index (χ4v) is 2.44. The average molecular weight is 291 g/mol. The summed E-state index contributed by atoms with van der Waals surface area (Å²) in [6.07, 6.45) is 0. The fourth-order valence-electron chi connectivity index (χ4n) is 2.44. The molecule has 5 nitrogen and oxygen atoms in total. The number of urea groups is 1. The van der Waals surface area contributed by atoms with E-state index in [9.17, 15) is 4.79 Å². The number of nitrogens with zero attached hydrogens (tertiary/aromatic N) is 2. The number of ether oxygens (including phenoxy) is 1. The van der Waals surface area contributed by atoms with Crippen LogP contribution in [0.2, 0.25) is 0 Å². The maximum absolute atomic E-state index is 12.0. The van der Waals surface area contributed by atoms with Gasteiger partial charge in [-0.1, -0.05) is 26.0 Å². The van der Waals surface area contributed by atoms with Crippen LogP contribution in [0.5, 0.6) is 5.75 Å². The third-order valence-corrected chi connectivity index (χ3v) is 3.65. The molecule has 1 aromatic rings. The fraction of sp³-hybridized carbons (Fsp3) is 0.562. The summed E-state index contributed by atoms with van der Waals surface area (Å²) in [5.74, 6) is 1.36. The van der Waals surface area contributed by atoms with Crippen molar-refractivity contribution in [2.45, 2.75) is 13.8 Å². The zero-order valence-electron chi connectivity index (χ0n) is 13.1. The Labute approximate surface area is 126 Å². The van der Waals surface area contributed by atoms with Crippen LogP contribution in [0.15, 0.2) is 24.3 Å². The van der Waals surface area contributed by atoms with Crippen LogP contribution in [-0.2, 0) is 0 Å². The molecule has 5 heteroatoms. The first kappa shape index (κ1) is 15.5. The van der Waals surface area contributed by atoms with Gasteiger partial charge >= 0.3 is 6.03 Å². The minimum atomic E-state index is 0.0448. The normalized spacial score (nSPS) is 15.2. The third kappa shape index (κ3) is 4.03. The van der Waals surface area contributed by atoms with E-state index in [1.165, 1.54) is 0 Å². The molecule has 0 aliphatic carbocycles. The Morgan fingerprint density at radius 1 is 1.24 bits per heavy atom. The Morgan fingerprint density at radius 3 is 2.52 bits per heavy atom. The van der Waals surface area contributed by atoms with E-state index in [0.717, 1.165) is 44.2 Å². The molecule has 2 amide bonds. The number of methoxy groups -OCH3 is 1. The number of nitrogens with one attached hydrogen (secondary N) is 1. The second kappa shape index (κ2) is 7.20. The van der Waals surface area contributed by atoms with Crippen LogP contribution in [0, 0.1) is 5.92 Å². The van der Waals surface area contributed by atoms with Crippen molar-refractivity contribution in [2.75, 3.05) is 44.7 Å². The van der Waals surface area contributed by atoms with Crippen molar-refractivity contribution in [1.82, 2.24) is 10.2 Å². The Balaban J connectivity index is 1.89. The van der Waals surface area contributed by atoms with Gasteiger partial charge in [-0.05, 0) is 18.1 Å². The molecular formula is C16H25N3O2. The van der Waals surface area contributed by atoms with Crippen molar-refractivity contribution < 1.29 is 9.53 Å². The van der Waals surface area contributed by atoms with E-state index in [-0.39, 0.29) is 6.03 Å². The standard InChI is InChI=1S/C16H25N3O2/c1-13(2)12-17-16(20)19-10-8-18(9-11-19)14-6-4-5-7-15(14)21-3/h4-7,13H,8-12H2,1-3H3,(H,17,20). The number of benzene rings is 1. The second-order valence-corrected chi connectivity index (χ2v) is 5.73. The molecule has 1 heterocycles. The lowest BCUT2D eigenvalue weighted by Crippen LogP contribution is -2.52. The molecule has 1 aliphatic heterocycles. The average Bonchev–Trinajstić information content (AvgIpc) is 2.52. The monoisotopic (exact) mass is 291 g/mol. The van der Waals surface area contributed by atoms with Crippen LogP contribution in [0.1, 0.15) is 13.8 Å². The summed E-state index contributed by atoms with van der Waals surface area (Å²) in [7, 11) is 1.69. The highest BCUT2D eigenvalue weighted by atomic mass is 16.5. The van der Waals surface area contributed by atoms with Gasteiger partial charge in [0.05, 0.1) is 12.8 Å². The number of hydrogen-bond acceptors (Lipinski definition) is 3. The van der Waals surface area contributed by atoms with Crippen LogP contribution in [-0.4, -0.2) is 50.8 Å². The number of carbonyl (C=O) groups is 1. The molecule has 116 valence electrons. The zero-order chi connectivity index (χ0) is 15.2. The SMILES string of the molecule is COc1ccccc1N1CCN(C(=O)NCC(C)C)CC1. The topological polar surface area (TPSA) is 44.8 Å². The van der Waals surface area contributed by atoms with Gasteiger partial charge in [-0.25, -0.2) is 4.79 Å². The number of rotatable bonds is 4. The molecule has 0 atom stereocenters. The van der Waals surface area contributed by atoms with Crippen LogP contribution in [0.25, 0.3) is 0 Å². The molecule has 1 fully saturated rings. The van der Waals surface area contributed by atoms with Crippen molar-refractivity contribution >= 4 is 11.7 Å². The highest BCUT2D eigenvalue weighted by molar-refractivity contribution is 5.74. The molecule has 0 aromatic heterocycles. The minimum absolute atomic E-state index is 0.0448. The maximum atomic E-state index is 12.0. The number of anilines is 1. The highest BCUT2D eigenvalue weighted by Gasteiger charge is 2.22. The van der Waals surface area contributed by atoms with E-state index >= 15 is 0 Å². The summed E-state index contributed by atoms with van der Waals surface area (Å²) in [5.41, 5.74) is 1.10. The first-order valence-electron chi connectivity index (χ1n) is 7.52. The zero-order valence-corrected chi connectivity index (χ0v) is 13.1. The molecule has 1 N–H and O–H groups in total. The molecule has 0 spiro atoms. The quantitative estimate of drug-likeness (QED) is 0.925. The summed E-state index contributed by atoms with van der Waals surface area (Å²) < 4.78 is 5.40. The van der Waals surface area contributed by atoms with Crippen molar-refractivity contribution in [1.29, 1.82) is 0 Å². The van der Waals surface area contributed by atoms with Gasteiger partial charge < -0.3 is 19.9 Å². The third-order valence-electron chi connectivity index (χ3n) is 3.65. The van der Waals surface area contributed by atoms with Gasteiger partial charge in [-0.15, -0.1) is 0 Å². The Kier molecular flexibility index (Phi) is 5.31. The molecule has 2 rings (SSSR count). The Morgan fingerprint density at radius 2 is 1.90 bits per heavy atom. The van der Waals surface area contributed by atoms with Crippen molar-refractivity contribution in [3.63, 3.8) is 0 Å². The van der Waals surface area contributed by atoms with E-state index in [2.05, 4.69) is 30.1 Å². The molecule has 0 radical (unpaired) electrons. The maximum Gasteiger partial charge on any atom is 0.317 e. The summed E-state index contributed by atoms with van der Waals surface area (Å²) in [4.78, 5) is 16.2. The van der Waals surface area contributed by atoms with Gasteiger partial charge in [0, 0.05) is 32.7 Å². The van der Waals surface area contributed by atoms with Crippen molar-refractivity contribution in [2.24, 2.45) is 5.92 Å². The van der Waals surface area contributed by atoms with E-state index in [4.69, 9.17) is 4.74 Å². The second-order valence-electron chi connectivity index (χ2n) is 5.73. The van der Waals surface area contributed by atoms with Crippen LogP contribution in [0.3, 0.4) is 0 Å². The summed E-state index contributed by atoms with van der Waals surface area (Å²) in [6.45, 7) is 8.06. The number of amides is 2. The molecule has 0 bridgehead atoms. The van der Waals surface area contributed by atoms with Gasteiger partial charge in [0.2, 0.25) is 0 Å². The van der Waals surface area contributed by atoms with Gasteiger partial charge in [0.15, 0.2) is 0 Å². The highest BCUT2D eigenvalue weighted by Crippen LogP contribution is 2.28. The molecule has 1 saturated heterocycles. The smallest absolute Gasteiger partial charge is 0.317 e. The largest absolute Gasteiger partial charge is 0.495 e. The van der Waals surface area contributed by atoms with Gasteiger partial charge in [-0.2, -0.15) is 0 Å². The lowest BCUT2D eigenvalue weighted by molar-refractivity contribution is 0.193. The van der Waals surface area contributed by atoms with E-state index in [1.807, 2.05) is 23.1 Å². The first-order chi connectivity index (χ1) is 10.1. The van der Waals surface area contributed by atoms with Gasteiger partial charge in [-0.3, -0.25) is 0 Å². The van der Waals surface area contributed by atoms with Crippen molar-refractivity contribution in [3.8, 4) is 5.75 Å². The molecule has 0 unspecified atom stereocenters. The summed E-state index contributed by atoms with van der Waals surface area (Å²) in [6, 6.07) is 8.06. The lowest BCUT2D eigenvalue weighted by Gasteiger charge is -2.36. The lowest BCUT2D eigenvalue weighted by atomic mass is 10.2. The minimum Gasteiger partial charge on any atom is -0.495 e. The predicted molar refractivity (Wildman–Crippen MR) is 85.0 cm³/mol. The Hall–Kier alpha value is -1.91. The van der Waals surface area contributed by atoms with E-state index < -0.39 is 0 Å². The Bertz CT molecular complexity index is 468. The molecule has 1 aromatic carbocycles. The first-order valence-corrected chi connectivity index (χ1v) is 7.52. The molecule has 0 saturated carbocycles. The number of hydrogen-bond donors (Lipinski definition) is 1. The molecule has 21 heavy (non-hydrogen) atoms. The van der Waals surface area contributed by atoms with Crippen molar-refractivity contribution in [3.05, 3.63) is 24.3 Å². The number of para-hydroxylation sites is 2. The van der Waals surface area contributed by atoms with Crippen LogP contribution >= 0.6 is 0 Å². The number of carbonyl (C=O) groups excluding carboxylic acids is 1. The van der Waals surface area contributed by atoms with Gasteiger partial charge in [0.25, 0.3) is 0 Å². The predicted octanol–water partition coefficient (Wildman–Crippen LogP) is 2.18. The summed E-state index contributed by atoms with van der Waals surface area (Å²) >= 11 is 0. The van der Waals surface area contributed by atoms with Gasteiger partial charge in [0.1, 0.15) is 5.75 Å². The molecular weight excluding hydrogens is 266 g/mol. The van der Waals surface area contributed by atoms with E-state index in [1.54, 1.807) is 7.11 Å². The summed E-state index contributed by atoms with van der Waals surface area (Å²) in [5, 5.41) is 2.97. The van der Waals surface area contributed by atoms with Crippen LogP contribution in [0.4, 0.5) is 10.5 Å². The van der Waals surface area contributed by atoms with Crippen LogP contribution < -0.4 is 15.0 Å². The molecule has 1 aliphatic rings.